The molecule has 0 aromatic heterocycles. The third-order valence-electron chi connectivity index (χ3n) is 12.3. The molecule has 5 fully saturated rings. The maximum absolute atomic E-state index is 5.29. The van der Waals surface area contributed by atoms with E-state index in [-0.39, 0.29) is 0 Å². The van der Waals surface area contributed by atoms with E-state index in [1.807, 2.05) is 0 Å². The quantitative estimate of drug-likeness (QED) is 0.261. The third kappa shape index (κ3) is 16.5. The van der Waals surface area contributed by atoms with Crippen molar-refractivity contribution in [1.29, 1.82) is 0 Å². The Morgan fingerprint density at radius 3 is 1.00 bits per heavy atom. The zero-order valence-electron chi connectivity index (χ0n) is 34.7. The summed E-state index contributed by atoms with van der Waals surface area (Å²) < 4.78 is 10.5. The van der Waals surface area contributed by atoms with Gasteiger partial charge in [-0.3, -0.25) is 4.90 Å². The van der Waals surface area contributed by atoms with E-state index in [2.05, 4.69) is 116 Å². The summed E-state index contributed by atoms with van der Waals surface area (Å²) in [6, 6.07) is 0. The molecule has 0 bridgehead atoms. The fourth-order valence-corrected chi connectivity index (χ4v) is 7.04. The zero-order chi connectivity index (χ0) is 35.5. The second kappa shape index (κ2) is 18.8. The molecule has 2 aliphatic carbocycles. The first-order valence-electron chi connectivity index (χ1n) is 19.8. The van der Waals surface area contributed by atoms with E-state index in [0.29, 0.717) is 32.6 Å². The summed E-state index contributed by atoms with van der Waals surface area (Å²) in [7, 11) is 0. The molecule has 3 heterocycles. The van der Waals surface area contributed by atoms with Crippen LogP contribution in [-0.2, 0) is 9.47 Å². The van der Waals surface area contributed by atoms with Crippen molar-refractivity contribution < 1.29 is 9.47 Å². The van der Waals surface area contributed by atoms with Crippen LogP contribution in [0.2, 0.25) is 0 Å². The van der Waals surface area contributed by atoms with E-state index in [1.165, 1.54) is 90.1 Å². The van der Waals surface area contributed by atoms with Gasteiger partial charge in [0.1, 0.15) is 0 Å². The summed E-state index contributed by atoms with van der Waals surface area (Å²) in [5, 5.41) is 0. The lowest BCUT2D eigenvalue weighted by Gasteiger charge is -2.48. The van der Waals surface area contributed by atoms with Crippen molar-refractivity contribution in [3.63, 3.8) is 0 Å². The van der Waals surface area contributed by atoms with E-state index < -0.39 is 0 Å². The van der Waals surface area contributed by atoms with Gasteiger partial charge in [-0.05, 0) is 125 Å². The second-order valence-electron chi connectivity index (χ2n) is 21.1. The summed E-state index contributed by atoms with van der Waals surface area (Å²) in [4.78, 5) is 2.55. The van der Waals surface area contributed by atoms with Gasteiger partial charge >= 0.3 is 0 Å². The van der Waals surface area contributed by atoms with Crippen molar-refractivity contribution >= 4 is 0 Å². The van der Waals surface area contributed by atoms with Gasteiger partial charge < -0.3 is 9.47 Å². The largest absolute Gasteiger partial charge is 0.381 e. The molecule has 3 nitrogen and oxygen atoms in total. The number of nitrogens with zero attached hydrogens (tertiary/aromatic N) is 1. The molecular weight excluding hydrogens is 562 g/mol. The highest BCUT2D eigenvalue weighted by molar-refractivity contribution is 4.91. The molecular formula is C43H87NO2. The van der Waals surface area contributed by atoms with E-state index >= 15 is 0 Å². The molecule has 2 saturated carbocycles. The molecule has 3 heteroatoms. The predicted octanol–water partition coefficient (Wildman–Crippen LogP) is 12.9. The predicted molar refractivity (Wildman–Crippen MR) is 205 cm³/mol. The van der Waals surface area contributed by atoms with Crippen LogP contribution >= 0.6 is 0 Å². The van der Waals surface area contributed by atoms with Crippen LogP contribution in [-0.4, -0.2) is 50.0 Å². The number of ether oxygens (including phenoxy) is 2. The Bertz CT molecular complexity index is 743. The van der Waals surface area contributed by atoms with Crippen molar-refractivity contribution in [2.75, 3.05) is 39.5 Å². The molecule has 0 unspecified atom stereocenters. The van der Waals surface area contributed by atoms with E-state index in [0.717, 1.165) is 44.2 Å². The number of hydrogen-bond donors (Lipinski definition) is 0. The van der Waals surface area contributed by atoms with Gasteiger partial charge in [-0.2, -0.15) is 0 Å². The lowest BCUT2D eigenvalue weighted by atomic mass is 9.67. The SMILES string of the molecule is CC(C)(C)C1(C)COC1.CC(C)(C)C1CCC1.CC(C)(C)C1CCCCC1.CC(C)(C)C1CCOCC1.CC(C)(C)N1CCCC1. The molecule has 0 aromatic rings. The molecule has 0 spiro atoms. The van der Waals surface area contributed by atoms with Crippen LogP contribution in [0, 0.1) is 44.8 Å². The van der Waals surface area contributed by atoms with Gasteiger partial charge in [0, 0.05) is 24.2 Å². The topological polar surface area (TPSA) is 21.7 Å². The maximum Gasteiger partial charge on any atom is 0.0547 e. The highest BCUT2D eigenvalue weighted by Crippen LogP contribution is 2.44. The molecule has 5 aliphatic rings. The molecule has 3 saturated heterocycles. The zero-order valence-corrected chi connectivity index (χ0v) is 34.7. The Balaban J connectivity index is 0.000000288. The Hall–Kier alpha value is -0.120. The van der Waals surface area contributed by atoms with Crippen molar-refractivity contribution in [3.8, 4) is 0 Å². The first-order chi connectivity index (χ1) is 20.9. The molecule has 0 aromatic carbocycles. The van der Waals surface area contributed by atoms with Crippen LogP contribution in [0.15, 0.2) is 0 Å². The average molecular weight is 650 g/mol. The summed E-state index contributed by atoms with van der Waals surface area (Å²) in [6.07, 6.45) is 17.1. The Kier molecular flexibility index (Phi) is 17.9. The number of likely N-dealkylation sites (tertiary alicyclic amines) is 1. The minimum atomic E-state index is 0.408. The van der Waals surface area contributed by atoms with E-state index in [1.54, 1.807) is 0 Å². The second-order valence-corrected chi connectivity index (χ2v) is 21.1. The summed E-state index contributed by atoms with van der Waals surface area (Å²) in [5.41, 5.74) is 2.91. The van der Waals surface area contributed by atoms with Gasteiger partial charge in [0.05, 0.1) is 13.2 Å². The van der Waals surface area contributed by atoms with Gasteiger partial charge in [0.15, 0.2) is 0 Å². The van der Waals surface area contributed by atoms with Gasteiger partial charge in [0.2, 0.25) is 0 Å². The lowest BCUT2D eigenvalue weighted by molar-refractivity contribution is -0.158. The van der Waals surface area contributed by atoms with Crippen LogP contribution in [0.5, 0.6) is 0 Å². The minimum Gasteiger partial charge on any atom is -0.381 e. The monoisotopic (exact) mass is 650 g/mol. The Labute approximate surface area is 291 Å². The molecule has 0 atom stereocenters. The van der Waals surface area contributed by atoms with Crippen molar-refractivity contribution in [1.82, 2.24) is 4.90 Å². The molecule has 0 amide bonds. The number of rotatable bonds is 0. The molecule has 276 valence electrons. The van der Waals surface area contributed by atoms with Crippen LogP contribution < -0.4 is 0 Å². The summed E-state index contributed by atoms with van der Waals surface area (Å²) >= 11 is 0. The van der Waals surface area contributed by atoms with Crippen LogP contribution in [0.1, 0.15) is 188 Å². The van der Waals surface area contributed by atoms with Crippen LogP contribution in [0.4, 0.5) is 0 Å². The molecule has 3 aliphatic heterocycles. The Morgan fingerprint density at radius 1 is 0.457 bits per heavy atom. The van der Waals surface area contributed by atoms with Gasteiger partial charge in [-0.25, -0.2) is 0 Å². The van der Waals surface area contributed by atoms with Gasteiger partial charge in [0.25, 0.3) is 0 Å². The van der Waals surface area contributed by atoms with E-state index in [9.17, 15) is 0 Å². The smallest absolute Gasteiger partial charge is 0.0547 e. The molecule has 0 radical (unpaired) electrons. The average Bonchev–Trinajstić information content (AvgIpc) is 3.42. The molecule has 0 N–H and O–H groups in total. The maximum atomic E-state index is 5.29. The molecule has 5 rings (SSSR count). The summed E-state index contributed by atoms with van der Waals surface area (Å²) in [6.45, 7) is 43.6. The Morgan fingerprint density at radius 2 is 0.826 bits per heavy atom. The fraction of sp³-hybridized carbons (Fsp3) is 1.00. The molecule has 46 heavy (non-hydrogen) atoms. The van der Waals surface area contributed by atoms with Crippen LogP contribution in [0.25, 0.3) is 0 Å². The third-order valence-corrected chi connectivity index (χ3v) is 12.3. The lowest BCUT2D eigenvalue weighted by Crippen LogP contribution is -2.49. The van der Waals surface area contributed by atoms with Crippen molar-refractivity contribution in [3.05, 3.63) is 0 Å². The van der Waals surface area contributed by atoms with Gasteiger partial charge in [-0.15, -0.1) is 0 Å². The van der Waals surface area contributed by atoms with E-state index in [4.69, 9.17) is 9.47 Å². The highest BCUT2D eigenvalue weighted by Gasteiger charge is 2.43. The number of hydrogen-bond acceptors (Lipinski definition) is 3. The van der Waals surface area contributed by atoms with Crippen molar-refractivity contribution in [2.45, 2.75) is 193 Å². The minimum absolute atomic E-state index is 0.408. The fourth-order valence-electron chi connectivity index (χ4n) is 7.04. The normalized spacial score (nSPS) is 23.5. The highest BCUT2D eigenvalue weighted by atomic mass is 16.5. The van der Waals surface area contributed by atoms with Crippen molar-refractivity contribution in [2.24, 2.45) is 44.8 Å². The summed E-state index contributed by atoms with van der Waals surface area (Å²) in [5.74, 6) is 2.91. The standard InChI is InChI=1S/C10H20.C9H18O.C8H17N.C8H16O.C8H16/c1-10(2,3)9-7-5-4-6-8-9;1-9(2,3)8-4-6-10-7-5-8;1-8(2,3)9-6-4-5-7-9;1-7(2,3)8(4)5-9-6-8;1-8(2,3)7-5-4-6-7/h9H,4-8H2,1-3H3;8H,4-7H2,1-3H3;4-7H2,1-3H3;5-6H2,1-4H3;7H,4-6H2,1-3H3. The first kappa shape index (κ1) is 43.9. The van der Waals surface area contributed by atoms with Crippen LogP contribution in [0.3, 0.4) is 0 Å². The van der Waals surface area contributed by atoms with Gasteiger partial charge in [-0.1, -0.05) is 116 Å². The first-order valence-corrected chi connectivity index (χ1v) is 19.8.